The number of carboxylic acid groups (broad SMARTS) is 1. The first-order chi connectivity index (χ1) is 23.4. The Kier molecular flexibility index (Phi) is 34.1. The number of unbranched alkanes of at least 4 members (excludes halogenated alkanes) is 17. The number of hydrogen-bond donors (Lipinski definition) is 3. The average Bonchev–Trinajstić information content (AvgIpc) is 3.07. The van der Waals surface area contributed by atoms with E-state index in [1.165, 1.54) is 70.6 Å². The molecule has 0 aliphatic heterocycles. The molecule has 0 saturated carbocycles. The molecule has 0 aliphatic rings. The number of rotatable bonds is 35. The highest BCUT2D eigenvalue weighted by molar-refractivity contribution is 5.83. The van der Waals surface area contributed by atoms with Crippen molar-refractivity contribution in [3.63, 3.8) is 0 Å². The van der Waals surface area contributed by atoms with Crippen LogP contribution < -0.4 is 11.1 Å². The van der Waals surface area contributed by atoms with Gasteiger partial charge in [-0.3, -0.25) is 9.59 Å². The van der Waals surface area contributed by atoms with Gasteiger partial charge < -0.3 is 20.9 Å². The summed E-state index contributed by atoms with van der Waals surface area (Å²) < 4.78 is 5.91. The number of nitrogens with two attached hydrogens (primary N) is 1. The van der Waals surface area contributed by atoms with Crippen LogP contribution in [0, 0.1) is 0 Å². The summed E-state index contributed by atoms with van der Waals surface area (Å²) in [6.45, 7) is 4.81. The minimum Gasteiger partial charge on any atom is -0.480 e. The minimum absolute atomic E-state index is 0.0839. The summed E-state index contributed by atoms with van der Waals surface area (Å²) in [5.41, 5.74) is 5.46. The van der Waals surface area contributed by atoms with Crippen molar-refractivity contribution in [3.8, 4) is 0 Å². The molecule has 0 aromatic rings. The molecule has 2 unspecified atom stereocenters. The van der Waals surface area contributed by atoms with Crippen LogP contribution in [0.4, 0.5) is 0 Å². The predicted molar refractivity (Wildman–Crippen MR) is 202 cm³/mol. The summed E-state index contributed by atoms with van der Waals surface area (Å²) in [6, 6.07) is -0.856. The van der Waals surface area contributed by atoms with Crippen molar-refractivity contribution in [2.75, 3.05) is 6.54 Å². The van der Waals surface area contributed by atoms with Gasteiger partial charge in [0, 0.05) is 12.8 Å². The number of nitrogens with one attached hydrogen (secondary N) is 1. The maximum Gasteiger partial charge on any atom is 0.326 e. The number of allylic oxidation sites excluding steroid dienone is 5. The molecule has 0 fully saturated rings. The van der Waals surface area contributed by atoms with Crippen molar-refractivity contribution in [1.82, 2.24) is 5.32 Å². The van der Waals surface area contributed by atoms with Gasteiger partial charge in [-0.15, -0.1) is 0 Å². The molecule has 0 saturated heterocycles. The largest absolute Gasteiger partial charge is 0.480 e. The van der Waals surface area contributed by atoms with E-state index >= 15 is 0 Å². The highest BCUT2D eigenvalue weighted by atomic mass is 16.5. The quantitative estimate of drug-likeness (QED) is 0.0350. The summed E-state index contributed by atoms with van der Waals surface area (Å²) >= 11 is 0. The van der Waals surface area contributed by atoms with Crippen molar-refractivity contribution in [2.24, 2.45) is 5.73 Å². The first-order valence-electron chi connectivity index (χ1n) is 19.8. The van der Waals surface area contributed by atoms with E-state index in [1.54, 1.807) is 0 Å². The van der Waals surface area contributed by atoms with Gasteiger partial charge in [0.05, 0.1) is 0 Å². The van der Waals surface area contributed by atoms with E-state index in [0.717, 1.165) is 77.0 Å². The molecule has 0 spiro atoms. The Balaban J connectivity index is 4.30. The lowest BCUT2D eigenvalue weighted by atomic mass is 10.0. The molecule has 4 N–H and O–H groups in total. The zero-order valence-electron chi connectivity index (χ0n) is 31.1. The molecule has 0 aromatic carbocycles. The van der Waals surface area contributed by atoms with Crippen molar-refractivity contribution in [2.45, 2.75) is 199 Å². The Bertz CT molecular complexity index is 854. The fourth-order valence-electron chi connectivity index (χ4n) is 5.74. The van der Waals surface area contributed by atoms with E-state index in [-0.39, 0.29) is 18.0 Å². The summed E-state index contributed by atoms with van der Waals surface area (Å²) in [6.07, 6.45) is 40.7. The molecule has 7 heteroatoms. The van der Waals surface area contributed by atoms with Gasteiger partial charge in [0.1, 0.15) is 12.1 Å². The molecule has 0 radical (unpaired) electrons. The molecule has 0 rings (SSSR count). The van der Waals surface area contributed by atoms with Crippen LogP contribution in [0.25, 0.3) is 0 Å². The maximum absolute atomic E-state index is 12.7. The molecular weight excluding hydrogens is 600 g/mol. The van der Waals surface area contributed by atoms with E-state index in [4.69, 9.17) is 10.5 Å². The number of carboxylic acids is 1. The van der Waals surface area contributed by atoms with Crippen LogP contribution in [0.15, 0.2) is 36.5 Å². The third kappa shape index (κ3) is 32.2. The van der Waals surface area contributed by atoms with Gasteiger partial charge in [-0.05, 0) is 70.4 Å². The number of ether oxygens (including phenoxy) is 1. The van der Waals surface area contributed by atoms with Crippen molar-refractivity contribution in [1.29, 1.82) is 0 Å². The van der Waals surface area contributed by atoms with Crippen LogP contribution in [-0.4, -0.2) is 41.6 Å². The topological polar surface area (TPSA) is 119 Å². The summed E-state index contributed by atoms with van der Waals surface area (Å²) in [4.78, 5) is 36.1. The van der Waals surface area contributed by atoms with Crippen LogP contribution in [0.5, 0.6) is 0 Å². The van der Waals surface area contributed by atoms with E-state index in [1.807, 2.05) is 0 Å². The first kappa shape index (κ1) is 45.6. The zero-order valence-corrected chi connectivity index (χ0v) is 31.1. The summed E-state index contributed by atoms with van der Waals surface area (Å²) in [7, 11) is 0. The molecule has 2 atom stereocenters. The molecule has 48 heavy (non-hydrogen) atoms. The Morgan fingerprint density at radius 2 is 1.12 bits per heavy atom. The van der Waals surface area contributed by atoms with E-state index in [9.17, 15) is 19.5 Å². The van der Waals surface area contributed by atoms with Crippen LogP contribution in [-0.2, 0) is 19.1 Å². The number of amides is 1. The van der Waals surface area contributed by atoms with Crippen molar-refractivity contribution < 1.29 is 24.2 Å². The lowest BCUT2D eigenvalue weighted by molar-refractivity contribution is -0.147. The first-order valence-corrected chi connectivity index (χ1v) is 19.8. The zero-order chi connectivity index (χ0) is 35.3. The second-order valence-electron chi connectivity index (χ2n) is 13.3. The lowest BCUT2D eigenvalue weighted by Crippen LogP contribution is -2.40. The van der Waals surface area contributed by atoms with Crippen LogP contribution in [0.3, 0.4) is 0 Å². The van der Waals surface area contributed by atoms with Crippen LogP contribution in [0.1, 0.15) is 187 Å². The third-order valence-corrected chi connectivity index (χ3v) is 8.70. The summed E-state index contributed by atoms with van der Waals surface area (Å²) in [5, 5.41) is 11.9. The molecule has 7 nitrogen and oxygen atoms in total. The molecule has 278 valence electrons. The van der Waals surface area contributed by atoms with Gasteiger partial charge in [-0.2, -0.15) is 0 Å². The van der Waals surface area contributed by atoms with E-state index in [2.05, 4.69) is 55.6 Å². The third-order valence-electron chi connectivity index (χ3n) is 8.70. The van der Waals surface area contributed by atoms with Crippen LogP contribution >= 0.6 is 0 Å². The highest BCUT2D eigenvalue weighted by Crippen LogP contribution is 2.16. The fraction of sp³-hybridized carbons (Fsp3) is 0.780. The van der Waals surface area contributed by atoms with E-state index < -0.39 is 12.0 Å². The maximum atomic E-state index is 12.7. The minimum atomic E-state index is -1.01. The van der Waals surface area contributed by atoms with Gasteiger partial charge in [0.15, 0.2) is 0 Å². The number of aliphatic carboxylic acids is 1. The molecule has 0 aromatic heterocycles. The van der Waals surface area contributed by atoms with Gasteiger partial charge in [0.2, 0.25) is 5.91 Å². The number of carbonyl (C=O) groups is 3. The SMILES string of the molecule is CC/C=C\C/C=C\C/C=C\C(CCCCCCCCC(=O)NC(CCCN)C(=O)O)OC(=O)CCCCCCCCCCCCCCC. The van der Waals surface area contributed by atoms with Gasteiger partial charge in [-0.25, -0.2) is 4.79 Å². The number of carbonyl (C=O) groups excluding carboxylic acids is 2. The van der Waals surface area contributed by atoms with Crippen molar-refractivity contribution >= 4 is 17.8 Å². The van der Waals surface area contributed by atoms with Gasteiger partial charge in [-0.1, -0.05) is 147 Å². The normalized spacial score (nSPS) is 13.1. The Morgan fingerprint density at radius 1 is 0.625 bits per heavy atom. The standard InChI is InChI=1S/C41H74N2O5/c1-3-5-7-9-11-13-14-15-16-17-19-25-29-35-40(45)48-37(31-26-22-18-12-10-8-6-4-2)32-27-23-20-21-24-28-34-39(44)43-38(41(46)47)33-30-36-42/h6,8,12,18,26,31,37-38H,3-5,7,9-11,13-17,19-25,27-30,32-36,42H2,1-2H3,(H,43,44)(H,46,47)/b8-6-,18-12-,31-26-. The molecule has 0 bridgehead atoms. The van der Waals surface area contributed by atoms with Gasteiger partial charge in [0.25, 0.3) is 0 Å². The Morgan fingerprint density at radius 3 is 1.67 bits per heavy atom. The van der Waals surface area contributed by atoms with Crippen molar-refractivity contribution in [3.05, 3.63) is 36.5 Å². The molecule has 0 heterocycles. The molecular formula is C41H74N2O5. The monoisotopic (exact) mass is 675 g/mol. The Labute approximate surface area is 295 Å². The fourth-order valence-corrected chi connectivity index (χ4v) is 5.74. The Hall–Kier alpha value is -2.41. The number of esters is 1. The lowest BCUT2D eigenvalue weighted by Gasteiger charge is -2.15. The predicted octanol–water partition coefficient (Wildman–Crippen LogP) is 10.7. The molecule has 0 aliphatic carbocycles. The highest BCUT2D eigenvalue weighted by Gasteiger charge is 2.18. The second kappa shape index (κ2) is 35.9. The summed E-state index contributed by atoms with van der Waals surface area (Å²) in [5.74, 6) is -1.30. The molecule has 1 amide bonds. The number of hydrogen-bond acceptors (Lipinski definition) is 5. The average molecular weight is 675 g/mol. The van der Waals surface area contributed by atoms with E-state index in [0.29, 0.717) is 32.2 Å². The van der Waals surface area contributed by atoms with Crippen LogP contribution in [0.2, 0.25) is 0 Å². The smallest absolute Gasteiger partial charge is 0.326 e. The second-order valence-corrected chi connectivity index (χ2v) is 13.3. The van der Waals surface area contributed by atoms with Gasteiger partial charge >= 0.3 is 11.9 Å².